The molecule has 1 aliphatic rings. The van der Waals surface area contributed by atoms with E-state index in [0.717, 1.165) is 12.0 Å². The average Bonchev–Trinajstić information content (AvgIpc) is 2.69. The van der Waals surface area contributed by atoms with E-state index in [1.165, 1.54) is 12.1 Å². The maximum absolute atomic E-state index is 12.9. The highest BCUT2D eigenvalue weighted by molar-refractivity contribution is 9.10. The van der Waals surface area contributed by atoms with E-state index in [-0.39, 0.29) is 17.8 Å². The van der Waals surface area contributed by atoms with Gasteiger partial charge in [0, 0.05) is 10.4 Å². The van der Waals surface area contributed by atoms with Crippen molar-refractivity contribution in [2.45, 2.75) is 32.0 Å². The Balaban J connectivity index is 2.00. The van der Waals surface area contributed by atoms with Crippen LogP contribution < -0.4 is 0 Å². The quantitative estimate of drug-likeness (QED) is 0.930. The Hall–Kier alpha value is -0.450. The van der Waals surface area contributed by atoms with Gasteiger partial charge in [0.25, 0.3) is 0 Å². The molecule has 94 valence electrons. The van der Waals surface area contributed by atoms with Crippen molar-refractivity contribution in [1.29, 1.82) is 0 Å². The lowest BCUT2D eigenvalue weighted by Gasteiger charge is -2.17. The minimum Gasteiger partial charge on any atom is -0.392 e. The highest BCUT2D eigenvalue weighted by atomic mass is 79.9. The first kappa shape index (κ1) is 13.0. The lowest BCUT2D eigenvalue weighted by Crippen LogP contribution is -2.23. The summed E-state index contributed by atoms with van der Waals surface area (Å²) in [7, 11) is 0. The van der Waals surface area contributed by atoms with Crippen LogP contribution in [0.15, 0.2) is 22.7 Å². The number of aliphatic hydroxyl groups excluding tert-OH is 1. The van der Waals surface area contributed by atoms with Crippen molar-refractivity contribution in [3.05, 3.63) is 34.1 Å². The van der Waals surface area contributed by atoms with Gasteiger partial charge in [-0.05, 0) is 37.5 Å². The van der Waals surface area contributed by atoms with E-state index in [4.69, 9.17) is 4.74 Å². The number of benzene rings is 1. The number of hydrogen-bond acceptors (Lipinski definition) is 2. The molecule has 1 aromatic rings. The minimum absolute atomic E-state index is 0.182. The summed E-state index contributed by atoms with van der Waals surface area (Å²) in [6.07, 6.45) is 1.22. The van der Waals surface area contributed by atoms with Crippen LogP contribution in [0.3, 0.4) is 0 Å². The molecular formula is C13H16BrFO2. The van der Waals surface area contributed by atoms with Crippen molar-refractivity contribution in [3.63, 3.8) is 0 Å². The monoisotopic (exact) mass is 302 g/mol. The van der Waals surface area contributed by atoms with Crippen LogP contribution in [0.1, 0.15) is 18.9 Å². The summed E-state index contributed by atoms with van der Waals surface area (Å²) in [6.45, 7) is 2.63. The summed E-state index contributed by atoms with van der Waals surface area (Å²) in [5, 5.41) is 10.1. The molecule has 0 aliphatic carbocycles. The Bertz CT molecular complexity index is 397. The van der Waals surface area contributed by atoms with E-state index < -0.39 is 6.10 Å². The highest BCUT2D eigenvalue weighted by Gasteiger charge is 2.28. The number of aliphatic hydroxyl groups is 1. The van der Waals surface area contributed by atoms with Gasteiger partial charge in [0.05, 0.1) is 18.8 Å². The van der Waals surface area contributed by atoms with Crippen LogP contribution in [0.4, 0.5) is 4.39 Å². The SMILES string of the molecule is CC1CC(C(O)Cc2ccc(F)cc2Br)CO1. The smallest absolute Gasteiger partial charge is 0.124 e. The minimum atomic E-state index is -0.429. The lowest BCUT2D eigenvalue weighted by molar-refractivity contribution is 0.0806. The van der Waals surface area contributed by atoms with Gasteiger partial charge in [0.1, 0.15) is 5.82 Å². The lowest BCUT2D eigenvalue weighted by atomic mass is 9.94. The summed E-state index contributed by atoms with van der Waals surface area (Å²) in [4.78, 5) is 0. The van der Waals surface area contributed by atoms with Gasteiger partial charge in [-0.15, -0.1) is 0 Å². The third kappa shape index (κ3) is 3.27. The van der Waals surface area contributed by atoms with Crippen LogP contribution in [0, 0.1) is 11.7 Å². The predicted octanol–water partition coefficient (Wildman–Crippen LogP) is 2.92. The topological polar surface area (TPSA) is 29.5 Å². The van der Waals surface area contributed by atoms with Crippen LogP contribution in [0.2, 0.25) is 0 Å². The molecule has 0 radical (unpaired) electrons. The predicted molar refractivity (Wildman–Crippen MR) is 67.3 cm³/mol. The highest BCUT2D eigenvalue weighted by Crippen LogP contribution is 2.26. The summed E-state index contributed by atoms with van der Waals surface area (Å²) in [5.41, 5.74) is 0.929. The molecule has 2 nitrogen and oxygen atoms in total. The molecule has 0 aromatic heterocycles. The summed E-state index contributed by atoms with van der Waals surface area (Å²) in [6, 6.07) is 4.55. The third-order valence-electron chi connectivity index (χ3n) is 3.22. The molecule has 1 saturated heterocycles. The molecule has 3 atom stereocenters. The van der Waals surface area contributed by atoms with Gasteiger partial charge in [-0.2, -0.15) is 0 Å². The van der Waals surface area contributed by atoms with E-state index in [1.807, 2.05) is 6.92 Å². The largest absolute Gasteiger partial charge is 0.392 e. The fourth-order valence-electron chi connectivity index (χ4n) is 2.20. The van der Waals surface area contributed by atoms with Crippen LogP contribution in [-0.4, -0.2) is 23.9 Å². The van der Waals surface area contributed by atoms with Crippen molar-refractivity contribution in [2.24, 2.45) is 5.92 Å². The molecular weight excluding hydrogens is 287 g/mol. The Morgan fingerprint density at radius 3 is 2.94 bits per heavy atom. The Morgan fingerprint density at radius 2 is 2.35 bits per heavy atom. The van der Waals surface area contributed by atoms with Crippen molar-refractivity contribution >= 4 is 15.9 Å². The maximum atomic E-state index is 12.9. The molecule has 1 aromatic carbocycles. The van der Waals surface area contributed by atoms with Crippen LogP contribution in [0.5, 0.6) is 0 Å². The van der Waals surface area contributed by atoms with E-state index in [1.54, 1.807) is 6.07 Å². The van der Waals surface area contributed by atoms with Crippen LogP contribution in [-0.2, 0) is 11.2 Å². The van der Waals surface area contributed by atoms with E-state index in [0.29, 0.717) is 17.5 Å². The number of rotatable bonds is 3. The number of halogens is 2. The molecule has 2 rings (SSSR count). The maximum Gasteiger partial charge on any atom is 0.124 e. The fraction of sp³-hybridized carbons (Fsp3) is 0.538. The van der Waals surface area contributed by atoms with E-state index in [2.05, 4.69) is 15.9 Å². The molecule has 1 fully saturated rings. The zero-order valence-corrected chi connectivity index (χ0v) is 11.3. The Morgan fingerprint density at radius 1 is 1.59 bits per heavy atom. The van der Waals surface area contributed by atoms with Gasteiger partial charge in [-0.1, -0.05) is 22.0 Å². The normalized spacial score (nSPS) is 26.1. The standard InChI is InChI=1S/C13H16BrFO2/c1-8-4-10(7-17-8)13(16)5-9-2-3-11(15)6-12(9)14/h2-3,6,8,10,13,16H,4-5,7H2,1H3. The van der Waals surface area contributed by atoms with E-state index >= 15 is 0 Å². The first-order valence-electron chi connectivity index (χ1n) is 5.80. The Kier molecular flexibility index (Phi) is 4.17. The molecule has 0 spiro atoms. The van der Waals surface area contributed by atoms with Crippen molar-refractivity contribution in [1.82, 2.24) is 0 Å². The summed E-state index contributed by atoms with van der Waals surface area (Å²) < 4.78 is 19.1. The molecule has 1 N–H and O–H groups in total. The molecule has 17 heavy (non-hydrogen) atoms. The molecule has 0 bridgehead atoms. The molecule has 0 amide bonds. The molecule has 4 heteroatoms. The molecule has 1 heterocycles. The first-order chi connectivity index (χ1) is 8.06. The van der Waals surface area contributed by atoms with Gasteiger partial charge in [0.2, 0.25) is 0 Å². The summed E-state index contributed by atoms with van der Waals surface area (Å²) in [5.74, 6) is -0.0881. The van der Waals surface area contributed by atoms with Gasteiger partial charge in [0.15, 0.2) is 0 Å². The van der Waals surface area contributed by atoms with E-state index in [9.17, 15) is 9.50 Å². The zero-order chi connectivity index (χ0) is 12.4. The van der Waals surface area contributed by atoms with Gasteiger partial charge in [-0.3, -0.25) is 0 Å². The summed E-state index contributed by atoms with van der Waals surface area (Å²) >= 11 is 3.31. The fourth-order valence-corrected chi connectivity index (χ4v) is 2.71. The van der Waals surface area contributed by atoms with Crippen molar-refractivity contribution in [2.75, 3.05) is 6.61 Å². The van der Waals surface area contributed by atoms with Crippen molar-refractivity contribution < 1.29 is 14.2 Å². The third-order valence-corrected chi connectivity index (χ3v) is 3.96. The number of hydrogen-bond donors (Lipinski definition) is 1. The Labute approximate surface area is 109 Å². The second-order valence-electron chi connectivity index (χ2n) is 4.65. The van der Waals surface area contributed by atoms with Crippen LogP contribution >= 0.6 is 15.9 Å². The second-order valence-corrected chi connectivity index (χ2v) is 5.50. The van der Waals surface area contributed by atoms with Crippen LogP contribution in [0.25, 0.3) is 0 Å². The molecule has 3 unspecified atom stereocenters. The average molecular weight is 303 g/mol. The van der Waals surface area contributed by atoms with Gasteiger partial charge in [-0.25, -0.2) is 4.39 Å². The van der Waals surface area contributed by atoms with Crippen molar-refractivity contribution in [3.8, 4) is 0 Å². The number of ether oxygens (including phenoxy) is 1. The molecule has 1 aliphatic heterocycles. The first-order valence-corrected chi connectivity index (χ1v) is 6.59. The van der Waals surface area contributed by atoms with Gasteiger partial charge < -0.3 is 9.84 Å². The zero-order valence-electron chi connectivity index (χ0n) is 9.70. The second kappa shape index (κ2) is 5.46. The van der Waals surface area contributed by atoms with Gasteiger partial charge >= 0.3 is 0 Å². The molecule has 0 saturated carbocycles.